The maximum absolute atomic E-state index is 12.7. The van der Waals surface area contributed by atoms with Gasteiger partial charge in [-0.1, -0.05) is 12.1 Å². The Morgan fingerprint density at radius 3 is 2.79 bits per heavy atom. The van der Waals surface area contributed by atoms with Gasteiger partial charge in [0.25, 0.3) is 0 Å². The zero-order valence-corrected chi connectivity index (χ0v) is 16.7. The maximum Gasteiger partial charge on any atom is 0.242 e. The molecule has 2 aliphatic rings. The Kier molecular flexibility index (Phi) is 6.03. The Hall–Kier alpha value is -2.41. The number of fused-ring (bicyclic) bond motifs is 1. The fourth-order valence-electron chi connectivity index (χ4n) is 3.98. The average molecular weight is 388 g/mol. The van der Waals surface area contributed by atoms with Gasteiger partial charge in [0.2, 0.25) is 11.8 Å². The highest BCUT2D eigenvalue weighted by Crippen LogP contribution is 2.39. The number of benzene rings is 1. The van der Waals surface area contributed by atoms with Crippen molar-refractivity contribution < 1.29 is 23.9 Å². The molecule has 7 heteroatoms. The fraction of sp³-hybridized carbons (Fsp3) is 0.571. The molecule has 0 aromatic heterocycles. The number of carbonyl (C=O) groups excluding carboxylic acids is 3. The summed E-state index contributed by atoms with van der Waals surface area (Å²) in [6, 6.07) is 6.50. The molecule has 1 fully saturated rings. The fourth-order valence-corrected chi connectivity index (χ4v) is 3.98. The van der Waals surface area contributed by atoms with Gasteiger partial charge in [0.05, 0.1) is 18.6 Å². The van der Waals surface area contributed by atoms with E-state index in [9.17, 15) is 14.4 Å². The molecule has 1 aromatic rings. The second kappa shape index (κ2) is 8.31. The van der Waals surface area contributed by atoms with Crippen molar-refractivity contribution in [2.45, 2.75) is 57.2 Å². The van der Waals surface area contributed by atoms with E-state index < -0.39 is 11.6 Å². The van der Waals surface area contributed by atoms with Gasteiger partial charge in [0.15, 0.2) is 5.78 Å². The highest BCUT2D eigenvalue weighted by atomic mass is 16.5. The number of nitrogens with zero attached hydrogens (tertiary/aromatic N) is 1. The van der Waals surface area contributed by atoms with Gasteiger partial charge in [0.1, 0.15) is 17.4 Å². The monoisotopic (exact) mass is 388 g/mol. The molecule has 152 valence electrons. The minimum Gasteiger partial charge on any atom is -0.486 e. The number of ketones is 1. The van der Waals surface area contributed by atoms with Crippen LogP contribution in [0.4, 0.5) is 0 Å². The Bertz CT molecular complexity index is 765. The molecule has 7 nitrogen and oxygen atoms in total. The van der Waals surface area contributed by atoms with E-state index in [1.54, 1.807) is 31.1 Å². The standard InChI is InChI=1S/C21H28N2O5/c1-14(13-27-3)22-20(26)15(2)23-11-10-21(9-8-19(23)25)12-17(24)16-6-4-5-7-18(16)28-21/h4-7,14-15H,8-13H2,1-3H3,(H,22,26). The SMILES string of the molecule is COCC(C)NC(=O)C(C)N1CCC2(CCC1=O)CC(=O)c1ccccc1O2. The molecule has 0 aliphatic carbocycles. The first-order valence-electron chi connectivity index (χ1n) is 9.75. The van der Waals surface area contributed by atoms with Crippen LogP contribution in [0.2, 0.25) is 0 Å². The Balaban J connectivity index is 1.70. The van der Waals surface area contributed by atoms with Gasteiger partial charge in [-0.05, 0) is 32.4 Å². The number of para-hydroxylation sites is 1. The third-order valence-electron chi connectivity index (χ3n) is 5.57. The van der Waals surface area contributed by atoms with E-state index in [0.717, 1.165) is 0 Å². The third-order valence-corrected chi connectivity index (χ3v) is 5.57. The van der Waals surface area contributed by atoms with Crippen molar-refractivity contribution in [3.8, 4) is 5.75 Å². The summed E-state index contributed by atoms with van der Waals surface area (Å²) in [7, 11) is 1.58. The van der Waals surface area contributed by atoms with Crippen LogP contribution in [0.1, 0.15) is 49.9 Å². The molecule has 2 aliphatic heterocycles. The summed E-state index contributed by atoms with van der Waals surface area (Å²) in [5.41, 5.74) is -0.0875. The van der Waals surface area contributed by atoms with E-state index in [1.807, 2.05) is 19.1 Å². The van der Waals surface area contributed by atoms with E-state index in [2.05, 4.69) is 5.32 Å². The first-order valence-corrected chi connectivity index (χ1v) is 9.75. The number of ether oxygens (including phenoxy) is 2. The number of carbonyl (C=O) groups is 3. The summed E-state index contributed by atoms with van der Waals surface area (Å²) >= 11 is 0. The zero-order valence-electron chi connectivity index (χ0n) is 16.7. The topological polar surface area (TPSA) is 84.9 Å². The van der Waals surface area contributed by atoms with E-state index in [0.29, 0.717) is 37.3 Å². The normalized spacial score (nSPS) is 24.2. The van der Waals surface area contributed by atoms with Crippen LogP contribution >= 0.6 is 0 Å². The number of hydrogen-bond donors (Lipinski definition) is 1. The molecule has 1 N–H and O–H groups in total. The van der Waals surface area contributed by atoms with Crippen molar-refractivity contribution in [3.05, 3.63) is 29.8 Å². The highest BCUT2D eigenvalue weighted by Gasteiger charge is 2.44. The largest absolute Gasteiger partial charge is 0.486 e. The van der Waals surface area contributed by atoms with E-state index >= 15 is 0 Å². The first kappa shape index (κ1) is 20.3. The molecular formula is C21H28N2O5. The number of hydrogen-bond acceptors (Lipinski definition) is 5. The number of nitrogens with one attached hydrogen (secondary N) is 1. The molecule has 2 amide bonds. The Morgan fingerprint density at radius 1 is 1.29 bits per heavy atom. The second-order valence-electron chi connectivity index (χ2n) is 7.76. The van der Waals surface area contributed by atoms with Crippen LogP contribution in [0, 0.1) is 0 Å². The molecule has 1 aromatic carbocycles. The highest BCUT2D eigenvalue weighted by molar-refractivity contribution is 6.00. The van der Waals surface area contributed by atoms with E-state index in [1.165, 1.54) is 0 Å². The van der Waals surface area contributed by atoms with Crippen molar-refractivity contribution in [1.29, 1.82) is 0 Å². The van der Waals surface area contributed by atoms with E-state index in [4.69, 9.17) is 9.47 Å². The summed E-state index contributed by atoms with van der Waals surface area (Å²) in [5.74, 6) is 0.328. The molecule has 2 heterocycles. The molecule has 1 spiro atoms. The van der Waals surface area contributed by atoms with Crippen LogP contribution in [0.15, 0.2) is 24.3 Å². The number of Topliss-reactive ketones (excluding diaryl/α,β-unsaturated/α-hetero) is 1. The van der Waals surface area contributed by atoms with Gasteiger partial charge in [-0.15, -0.1) is 0 Å². The number of rotatable bonds is 5. The van der Waals surface area contributed by atoms with Crippen LogP contribution < -0.4 is 10.1 Å². The molecule has 0 radical (unpaired) electrons. The minimum atomic E-state index is -0.685. The van der Waals surface area contributed by atoms with Gasteiger partial charge >= 0.3 is 0 Å². The number of likely N-dealkylation sites (tertiary alicyclic amines) is 1. The van der Waals surface area contributed by atoms with Crippen molar-refractivity contribution in [3.63, 3.8) is 0 Å². The van der Waals surface area contributed by atoms with Crippen LogP contribution in [-0.2, 0) is 14.3 Å². The van der Waals surface area contributed by atoms with Crippen molar-refractivity contribution in [1.82, 2.24) is 10.2 Å². The first-order chi connectivity index (χ1) is 13.3. The average Bonchev–Trinajstić information content (AvgIpc) is 2.81. The maximum atomic E-state index is 12.7. The molecule has 3 atom stereocenters. The van der Waals surface area contributed by atoms with Crippen LogP contribution in [0.3, 0.4) is 0 Å². The quantitative estimate of drug-likeness (QED) is 0.833. The summed E-state index contributed by atoms with van der Waals surface area (Å²) in [6.07, 6.45) is 1.50. The Labute approximate surface area is 165 Å². The second-order valence-corrected chi connectivity index (χ2v) is 7.76. The van der Waals surface area contributed by atoms with E-state index in [-0.39, 0.29) is 36.5 Å². The lowest BCUT2D eigenvalue weighted by molar-refractivity contribution is -0.139. The molecule has 28 heavy (non-hydrogen) atoms. The minimum absolute atomic E-state index is 0.0435. The lowest BCUT2D eigenvalue weighted by Crippen LogP contribution is -2.51. The predicted octanol–water partition coefficient (Wildman–Crippen LogP) is 1.94. The number of amides is 2. The van der Waals surface area contributed by atoms with Crippen LogP contribution in [-0.4, -0.2) is 60.4 Å². The number of methoxy groups -OCH3 is 1. The van der Waals surface area contributed by atoms with Crippen molar-refractivity contribution in [2.24, 2.45) is 0 Å². The van der Waals surface area contributed by atoms with Gasteiger partial charge in [-0.3, -0.25) is 14.4 Å². The van der Waals surface area contributed by atoms with Crippen molar-refractivity contribution in [2.75, 3.05) is 20.3 Å². The molecule has 0 bridgehead atoms. The van der Waals surface area contributed by atoms with Crippen LogP contribution in [0.5, 0.6) is 5.75 Å². The Morgan fingerprint density at radius 2 is 2.04 bits per heavy atom. The summed E-state index contributed by atoms with van der Waals surface area (Å²) < 4.78 is 11.3. The lowest BCUT2D eigenvalue weighted by Gasteiger charge is -2.37. The predicted molar refractivity (Wildman–Crippen MR) is 103 cm³/mol. The smallest absolute Gasteiger partial charge is 0.242 e. The van der Waals surface area contributed by atoms with Gasteiger partial charge in [-0.25, -0.2) is 0 Å². The zero-order chi connectivity index (χ0) is 20.3. The third kappa shape index (κ3) is 4.19. The van der Waals surface area contributed by atoms with Crippen LogP contribution in [0.25, 0.3) is 0 Å². The van der Waals surface area contributed by atoms with Gasteiger partial charge in [0, 0.05) is 32.5 Å². The van der Waals surface area contributed by atoms with Crippen molar-refractivity contribution >= 4 is 17.6 Å². The van der Waals surface area contributed by atoms with Gasteiger partial charge in [-0.2, -0.15) is 0 Å². The molecule has 3 unspecified atom stereocenters. The lowest BCUT2D eigenvalue weighted by atomic mass is 9.84. The molecule has 3 rings (SSSR count). The summed E-state index contributed by atoms with van der Waals surface area (Å²) in [6.45, 7) is 4.37. The van der Waals surface area contributed by atoms with Gasteiger partial charge < -0.3 is 19.7 Å². The molecule has 0 saturated carbocycles. The summed E-state index contributed by atoms with van der Waals surface area (Å²) in [4.78, 5) is 39.4. The molecule has 1 saturated heterocycles. The molecular weight excluding hydrogens is 360 g/mol. The summed E-state index contributed by atoms with van der Waals surface area (Å²) in [5, 5.41) is 2.87.